The van der Waals surface area contributed by atoms with E-state index in [1.807, 2.05) is 0 Å². The Labute approximate surface area is 107 Å². The van der Waals surface area contributed by atoms with Crippen LogP contribution in [-0.2, 0) is 6.42 Å². The topological polar surface area (TPSA) is 16.1 Å². The maximum Gasteiger partial charge on any atom is 0.0928 e. The van der Waals surface area contributed by atoms with Crippen molar-refractivity contribution in [2.24, 2.45) is 0 Å². The third-order valence-corrected chi connectivity index (χ3v) is 4.42. The number of halogens is 1. The molecule has 0 radical (unpaired) electrons. The molecule has 0 amide bonds. The summed E-state index contributed by atoms with van der Waals surface area (Å²) < 4.78 is 0. The van der Waals surface area contributed by atoms with Crippen LogP contribution in [0.5, 0.6) is 0 Å². The van der Waals surface area contributed by atoms with Gasteiger partial charge in [0.25, 0.3) is 0 Å². The van der Waals surface area contributed by atoms with Crippen LogP contribution in [0.25, 0.3) is 0 Å². The van der Waals surface area contributed by atoms with Crippen molar-refractivity contribution in [3.05, 3.63) is 16.1 Å². The van der Waals surface area contributed by atoms with E-state index in [4.69, 9.17) is 16.6 Å². The lowest BCUT2D eigenvalue weighted by molar-refractivity contribution is 0.253. The zero-order valence-corrected chi connectivity index (χ0v) is 11.4. The first-order valence-electron chi connectivity index (χ1n) is 5.98. The lowest BCUT2D eigenvalue weighted by Crippen LogP contribution is -2.29. The van der Waals surface area contributed by atoms with E-state index in [9.17, 15) is 0 Å². The number of hydrogen-bond acceptors (Lipinski definition) is 3. The van der Waals surface area contributed by atoms with Crippen LogP contribution >= 0.6 is 22.9 Å². The van der Waals surface area contributed by atoms with E-state index in [1.165, 1.54) is 36.6 Å². The number of likely N-dealkylation sites (tertiary alicyclic amines) is 1. The average molecular weight is 259 g/mol. The molecule has 0 bridgehead atoms. The molecule has 1 saturated heterocycles. The van der Waals surface area contributed by atoms with Crippen molar-refractivity contribution in [1.29, 1.82) is 0 Å². The molecule has 90 valence electrons. The molecule has 1 aliphatic heterocycles. The van der Waals surface area contributed by atoms with Crippen molar-refractivity contribution >= 4 is 22.9 Å². The first-order valence-corrected chi connectivity index (χ1v) is 7.40. The highest BCUT2D eigenvalue weighted by molar-refractivity contribution is 7.09. The summed E-state index contributed by atoms with van der Waals surface area (Å²) in [5.74, 6) is 1.43. The maximum absolute atomic E-state index is 5.69. The lowest BCUT2D eigenvalue weighted by Gasteiger charge is -2.27. The van der Waals surface area contributed by atoms with Crippen molar-refractivity contribution in [2.75, 3.05) is 26.0 Å². The highest BCUT2D eigenvalue weighted by Gasteiger charge is 2.20. The van der Waals surface area contributed by atoms with Gasteiger partial charge in [0.05, 0.1) is 10.7 Å². The molecule has 1 aromatic heterocycles. The van der Waals surface area contributed by atoms with Crippen LogP contribution in [0.4, 0.5) is 0 Å². The summed E-state index contributed by atoms with van der Waals surface area (Å²) in [6.07, 6.45) is 4.60. The van der Waals surface area contributed by atoms with E-state index >= 15 is 0 Å². The number of piperidine rings is 1. The van der Waals surface area contributed by atoms with E-state index < -0.39 is 0 Å². The zero-order chi connectivity index (χ0) is 11.4. The van der Waals surface area contributed by atoms with Crippen LogP contribution < -0.4 is 0 Å². The second-order valence-electron chi connectivity index (χ2n) is 4.54. The van der Waals surface area contributed by atoms with Gasteiger partial charge < -0.3 is 4.90 Å². The summed E-state index contributed by atoms with van der Waals surface area (Å²) in [5, 5.41) is 3.51. The van der Waals surface area contributed by atoms with Gasteiger partial charge in [0, 0.05) is 23.6 Å². The van der Waals surface area contributed by atoms with Gasteiger partial charge in [-0.1, -0.05) is 0 Å². The summed E-state index contributed by atoms with van der Waals surface area (Å²) in [5.41, 5.74) is 1.32. The number of hydrogen-bond donors (Lipinski definition) is 0. The van der Waals surface area contributed by atoms with Crippen molar-refractivity contribution in [3.8, 4) is 0 Å². The molecule has 16 heavy (non-hydrogen) atoms. The first-order chi connectivity index (χ1) is 7.79. The molecule has 0 atom stereocenters. The second kappa shape index (κ2) is 5.99. The van der Waals surface area contributed by atoms with E-state index in [2.05, 4.69) is 17.3 Å². The Bertz CT molecular complexity index is 319. The number of rotatable bonds is 4. The van der Waals surface area contributed by atoms with Gasteiger partial charge >= 0.3 is 0 Å². The van der Waals surface area contributed by atoms with E-state index in [0.29, 0.717) is 5.92 Å². The zero-order valence-electron chi connectivity index (χ0n) is 9.79. The molecule has 4 heteroatoms. The highest BCUT2D eigenvalue weighted by atomic mass is 35.5. The van der Waals surface area contributed by atoms with Crippen molar-refractivity contribution in [3.63, 3.8) is 0 Å². The number of thiazole rings is 1. The minimum atomic E-state index is 0.692. The second-order valence-corrected chi connectivity index (χ2v) is 5.86. The number of alkyl halides is 1. The number of aromatic nitrogens is 1. The quantitative estimate of drug-likeness (QED) is 0.772. The maximum atomic E-state index is 5.69. The predicted octanol–water partition coefficient (Wildman–Crippen LogP) is 3.12. The molecule has 0 N–H and O–H groups in total. The van der Waals surface area contributed by atoms with Gasteiger partial charge in [0.15, 0.2) is 0 Å². The standard InChI is InChI=1S/C12H19ClN2S/c1-15-7-4-10(5-8-15)11-9-16-12(14-11)3-2-6-13/h9-10H,2-8H2,1H3. The minimum Gasteiger partial charge on any atom is -0.306 e. The third kappa shape index (κ3) is 3.19. The van der Waals surface area contributed by atoms with E-state index in [0.717, 1.165) is 18.7 Å². The van der Waals surface area contributed by atoms with Gasteiger partial charge in [0.2, 0.25) is 0 Å². The molecule has 0 saturated carbocycles. The molecular weight excluding hydrogens is 240 g/mol. The fraction of sp³-hybridized carbons (Fsp3) is 0.750. The smallest absolute Gasteiger partial charge is 0.0928 e. The van der Waals surface area contributed by atoms with Gasteiger partial charge in [0.1, 0.15) is 0 Å². The monoisotopic (exact) mass is 258 g/mol. The Morgan fingerprint density at radius 2 is 2.25 bits per heavy atom. The summed E-state index contributed by atoms with van der Waals surface area (Å²) in [6.45, 7) is 2.42. The Morgan fingerprint density at radius 1 is 1.50 bits per heavy atom. The molecule has 2 heterocycles. The van der Waals surface area contributed by atoms with E-state index in [1.54, 1.807) is 11.3 Å². The Morgan fingerprint density at radius 3 is 2.94 bits per heavy atom. The van der Waals surface area contributed by atoms with Crippen LogP contribution in [0.15, 0.2) is 5.38 Å². The van der Waals surface area contributed by atoms with Gasteiger partial charge in [-0.15, -0.1) is 22.9 Å². The fourth-order valence-electron chi connectivity index (χ4n) is 2.15. The number of nitrogens with zero attached hydrogens (tertiary/aromatic N) is 2. The molecule has 0 spiro atoms. The third-order valence-electron chi connectivity index (χ3n) is 3.23. The van der Waals surface area contributed by atoms with Gasteiger partial charge in [-0.2, -0.15) is 0 Å². The van der Waals surface area contributed by atoms with Crippen LogP contribution in [0.2, 0.25) is 0 Å². The predicted molar refractivity (Wildman–Crippen MR) is 70.6 cm³/mol. The SMILES string of the molecule is CN1CCC(c2csc(CCCCl)n2)CC1. The number of aryl methyl sites for hydroxylation is 1. The molecule has 0 unspecified atom stereocenters. The van der Waals surface area contributed by atoms with Gasteiger partial charge in [-0.05, 0) is 39.4 Å². The fourth-order valence-corrected chi connectivity index (χ4v) is 3.21. The van der Waals surface area contributed by atoms with Crippen LogP contribution in [-0.4, -0.2) is 35.9 Å². The molecule has 2 rings (SSSR count). The van der Waals surface area contributed by atoms with Gasteiger partial charge in [-0.3, -0.25) is 0 Å². The summed E-state index contributed by atoms with van der Waals surface area (Å²) in [4.78, 5) is 7.14. The molecule has 0 aliphatic carbocycles. The average Bonchev–Trinajstić information content (AvgIpc) is 2.76. The molecule has 0 aromatic carbocycles. The van der Waals surface area contributed by atoms with Crippen molar-refractivity contribution < 1.29 is 0 Å². The summed E-state index contributed by atoms with van der Waals surface area (Å²) in [7, 11) is 2.20. The largest absolute Gasteiger partial charge is 0.306 e. The van der Waals surface area contributed by atoms with E-state index in [-0.39, 0.29) is 0 Å². The molecule has 1 aliphatic rings. The summed E-state index contributed by atoms with van der Waals surface area (Å²) >= 11 is 7.49. The molecule has 2 nitrogen and oxygen atoms in total. The minimum absolute atomic E-state index is 0.692. The van der Waals surface area contributed by atoms with Gasteiger partial charge in [-0.25, -0.2) is 4.98 Å². The normalized spacial score (nSPS) is 19.1. The van der Waals surface area contributed by atoms with Crippen LogP contribution in [0.3, 0.4) is 0 Å². The van der Waals surface area contributed by atoms with Crippen LogP contribution in [0.1, 0.15) is 35.9 Å². The Balaban J connectivity index is 1.91. The van der Waals surface area contributed by atoms with Crippen molar-refractivity contribution in [2.45, 2.75) is 31.6 Å². The highest BCUT2D eigenvalue weighted by Crippen LogP contribution is 2.28. The Kier molecular flexibility index (Phi) is 4.62. The molecular formula is C12H19ClN2S. The summed E-state index contributed by atoms with van der Waals surface area (Å²) in [6, 6.07) is 0. The lowest BCUT2D eigenvalue weighted by atomic mass is 9.95. The van der Waals surface area contributed by atoms with Crippen molar-refractivity contribution in [1.82, 2.24) is 9.88 Å². The Hall–Kier alpha value is -0.120. The molecule has 1 aromatic rings. The first kappa shape index (κ1) is 12.3. The van der Waals surface area contributed by atoms with Crippen LogP contribution in [0, 0.1) is 0 Å². The molecule has 1 fully saturated rings.